The van der Waals surface area contributed by atoms with Crippen molar-refractivity contribution >= 4 is 23.0 Å². The largest absolute Gasteiger partial charge is 0.385 e. The van der Waals surface area contributed by atoms with E-state index in [2.05, 4.69) is 10.6 Å². The molecule has 1 aromatic rings. The van der Waals surface area contributed by atoms with Gasteiger partial charge in [0.05, 0.1) is 16.4 Å². The Hall–Kier alpha value is -0.930. The van der Waals surface area contributed by atoms with Gasteiger partial charge < -0.3 is 15.4 Å². The fourth-order valence-corrected chi connectivity index (χ4v) is 2.18. The first kappa shape index (κ1) is 11.6. The molecule has 0 fully saturated rings. The smallest absolute Gasteiger partial charge is 0.0768 e. The minimum atomic E-state index is 0.433. The minimum absolute atomic E-state index is 0.433. The highest BCUT2D eigenvalue weighted by Gasteiger charge is 2.18. The number of halogens is 1. The Morgan fingerprint density at radius 1 is 1.50 bits per heavy atom. The molecule has 0 bridgehead atoms. The van der Waals surface area contributed by atoms with Crippen molar-refractivity contribution in [1.29, 1.82) is 0 Å². The third-order valence-corrected chi connectivity index (χ3v) is 3.12. The lowest BCUT2D eigenvalue weighted by molar-refractivity contribution is 0.191. The van der Waals surface area contributed by atoms with Crippen molar-refractivity contribution in [3.05, 3.63) is 23.2 Å². The van der Waals surface area contributed by atoms with E-state index >= 15 is 0 Å². The van der Waals surface area contributed by atoms with Gasteiger partial charge in [-0.2, -0.15) is 0 Å². The van der Waals surface area contributed by atoms with Gasteiger partial charge in [-0.3, -0.25) is 0 Å². The average Bonchev–Trinajstić information content (AvgIpc) is 2.30. The maximum Gasteiger partial charge on any atom is 0.0768 e. The molecule has 2 rings (SSSR count). The third kappa shape index (κ3) is 2.60. The molecule has 1 unspecified atom stereocenters. The van der Waals surface area contributed by atoms with E-state index < -0.39 is 0 Å². The maximum absolute atomic E-state index is 6.14. The summed E-state index contributed by atoms with van der Waals surface area (Å²) in [4.78, 5) is 0. The molecule has 0 radical (unpaired) electrons. The molecule has 88 valence electrons. The van der Waals surface area contributed by atoms with Crippen LogP contribution in [0.15, 0.2) is 18.2 Å². The van der Waals surface area contributed by atoms with Crippen LogP contribution in [0, 0.1) is 0 Å². The standard InChI is InChI=1S/C12H17ClN2O/c1-16-7-3-4-9-8-14-11-6-2-5-10(13)12(11)15-9/h2,5-6,9,14-15H,3-4,7-8H2,1H3. The summed E-state index contributed by atoms with van der Waals surface area (Å²) in [5.74, 6) is 0. The molecule has 2 N–H and O–H groups in total. The summed E-state index contributed by atoms with van der Waals surface area (Å²) in [5.41, 5.74) is 2.12. The van der Waals surface area contributed by atoms with Crippen LogP contribution in [0.4, 0.5) is 11.4 Å². The van der Waals surface area contributed by atoms with Crippen LogP contribution in [0.1, 0.15) is 12.8 Å². The number of benzene rings is 1. The molecule has 1 aromatic carbocycles. The first-order chi connectivity index (χ1) is 7.81. The van der Waals surface area contributed by atoms with Crippen molar-refractivity contribution in [2.24, 2.45) is 0 Å². The zero-order chi connectivity index (χ0) is 11.4. The van der Waals surface area contributed by atoms with Gasteiger partial charge in [-0.15, -0.1) is 0 Å². The van der Waals surface area contributed by atoms with Crippen LogP contribution < -0.4 is 10.6 Å². The molecule has 3 nitrogen and oxygen atoms in total. The monoisotopic (exact) mass is 240 g/mol. The molecule has 0 aromatic heterocycles. The van der Waals surface area contributed by atoms with Gasteiger partial charge in [-0.05, 0) is 25.0 Å². The second kappa shape index (κ2) is 5.41. The molecule has 1 aliphatic rings. The predicted molar refractivity (Wildman–Crippen MR) is 68.5 cm³/mol. The highest BCUT2D eigenvalue weighted by Crippen LogP contribution is 2.33. The Labute approximate surface area is 101 Å². The first-order valence-electron chi connectivity index (χ1n) is 5.59. The van der Waals surface area contributed by atoms with Gasteiger partial charge in [0.15, 0.2) is 0 Å². The van der Waals surface area contributed by atoms with Gasteiger partial charge in [-0.1, -0.05) is 17.7 Å². The van der Waals surface area contributed by atoms with Gasteiger partial charge in [0.1, 0.15) is 0 Å². The lowest BCUT2D eigenvalue weighted by Crippen LogP contribution is -2.33. The van der Waals surface area contributed by atoms with E-state index in [0.717, 1.165) is 42.4 Å². The topological polar surface area (TPSA) is 33.3 Å². The Kier molecular flexibility index (Phi) is 3.91. The molecule has 1 aliphatic heterocycles. The number of anilines is 2. The number of nitrogens with one attached hydrogen (secondary N) is 2. The fourth-order valence-electron chi connectivity index (χ4n) is 1.95. The van der Waals surface area contributed by atoms with Crippen LogP contribution in [0.2, 0.25) is 5.02 Å². The van der Waals surface area contributed by atoms with Crippen LogP contribution in [0.5, 0.6) is 0 Å². The molecule has 0 aliphatic carbocycles. The molecule has 0 amide bonds. The van der Waals surface area contributed by atoms with Crippen LogP contribution >= 0.6 is 11.6 Å². The van der Waals surface area contributed by atoms with Crippen LogP contribution in [-0.4, -0.2) is 26.3 Å². The zero-order valence-corrected chi connectivity index (χ0v) is 10.2. The van der Waals surface area contributed by atoms with Crippen molar-refractivity contribution in [2.75, 3.05) is 30.9 Å². The summed E-state index contributed by atoms with van der Waals surface area (Å²) >= 11 is 6.14. The van der Waals surface area contributed by atoms with Crippen molar-refractivity contribution in [2.45, 2.75) is 18.9 Å². The Balaban J connectivity index is 1.97. The molecule has 0 spiro atoms. The van der Waals surface area contributed by atoms with Crippen molar-refractivity contribution in [3.63, 3.8) is 0 Å². The van der Waals surface area contributed by atoms with Gasteiger partial charge >= 0.3 is 0 Å². The third-order valence-electron chi connectivity index (χ3n) is 2.80. The SMILES string of the molecule is COCCCC1CNc2cccc(Cl)c2N1. The van der Waals surface area contributed by atoms with E-state index in [4.69, 9.17) is 16.3 Å². The minimum Gasteiger partial charge on any atom is -0.385 e. The number of para-hydroxylation sites is 1. The summed E-state index contributed by atoms with van der Waals surface area (Å²) in [6.07, 6.45) is 2.15. The second-order valence-electron chi connectivity index (χ2n) is 4.02. The molecule has 0 saturated heterocycles. The number of methoxy groups -OCH3 is 1. The molecule has 1 heterocycles. The van der Waals surface area contributed by atoms with Crippen molar-refractivity contribution in [1.82, 2.24) is 0 Å². The number of ether oxygens (including phenoxy) is 1. The van der Waals surface area contributed by atoms with Gasteiger partial charge in [0.25, 0.3) is 0 Å². The molecule has 0 saturated carbocycles. The van der Waals surface area contributed by atoms with Crippen LogP contribution in [0.25, 0.3) is 0 Å². The Morgan fingerprint density at radius 2 is 2.38 bits per heavy atom. The van der Waals surface area contributed by atoms with E-state index in [1.807, 2.05) is 18.2 Å². The Morgan fingerprint density at radius 3 is 3.19 bits per heavy atom. The lowest BCUT2D eigenvalue weighted by atomic mass is 10.1. The first-order valence-corrected chi connectivity index (χ1v) is 5.97. The van der Waals surface area contributed by atoms with Gasteiger partial charge in [-0.25, -0.2) is 0 Å². The number of fused-ring (bicyclic) bond motifs is 1. The van der Waals surface area contributed by atoms with E-state index in [9.17, 15) is 0 Å². The average molecular weight is 241 g/mol. The number of hydrogen-bond acceptors (Lipinski definition) is 3. The van der Waals surface area contributed by atoms with E-state index in [1.165, 1.54) is 0 Å². The van der Waals surface area contributed by atoms with Crippen LogP contribution in [-0.2, 0) is 4.74 Å². The Bertz CT molecular complexity index is 357. The fraction of sp³-hybridized carbons (Fsp3) is 0.500. The normalized spacial score (nSPS) is 18.5. The van der Waals surface area contributed by atoms with Crippen molar-refractivity contribution < 1.29 is 4.74 Å². The highest BCUT2D eigenvalue weighted by atomic mass is 35.5. The van der Waals surface area contributed by atoms with Gasteiger partial charge in [0.2, 0.25) is 0 Å². The molecule has 1 atom stereocenters. The molecule has 16 heavy (non-hydrogen) atoms. The summed E-state index contributed by atoms with van der Waals surface area (Å²) in [6, 6.07) is 6.34. The summed E-state index contributed by atoms with van der Waals surface area (Å²) in [7, 11) is 1.73. The van der Waals surface area contributed by atoms with Crippen LogP contribution in [0.3, 0.4) is 0 Å². The zero-order valence-electron chi connectivity index (χ0n) is 9.42. The van der Waals surface area contributed by atoms with E-state index in [1.54, 1.807) is 7.11 Å². The molecule has 4 heteroatoms. The predicted octanol–water partition coefficient (Wildman–Crippen LogP) is 2.97. The van der Waals surface area contributed by atoms with Crippen molar-refractivity contribution in [3.8, 4) is 0 Å². The quantitative estimate of drug-likeness (QED) is 0.794. The van der Waals surface area contributed by atoms with E-state index in [-0.39, 0.29) is 0 Å². The number of hydrogen-bond donors (Lipinski definition) is 2. The second-order valence-corrected chi connectivity index (χ2v) is 4.43. The summed E-state index contributed by atoms with van der Waals surface area (Å²) < 4.78 is 5.05. The summed E-state index contributed by atoms with van der Waals surface area (Å²) in [5, 5.41) is 7.65. The molecular weight excluding hydrogens is 224 g/mol. The van der Waals surface area contributed by atoms with E-state index in [0.29, 0.717) is 6.04 Å². The molecular formula is C12H17ClN2O. The highest BCUT2D eigenvalue weighted by molar-refractivity contribution is 6.34. The lowest BCUT2D eigenvalue weighted by Gasteiger charge is -2.29. The number of rotatable bonds is 4. The maximum atomic E-state index is 6.14. The summed E-state index contributed by atoms with van der Waals surface area (Å²) in [6.45, 7) is 1.75. The van der Waals surface area contributed by atoms with Gasteiger partial charge in [0, 0.05) is 26.3 Å².